The van der Waals surface area contributed by atoms with E-state index in [0.717, 1.165) is 19.1 Å². The molecule has 0 aliphatic rings. The fraction of sp³-hybridized carbons (Fsp3) is 0.750. The lowest BCUT2D eigenvalue weighted by atomic mass is 9.96. The smallest absolute Gasteiger partial charge is 0.142 e. The highest BCUT2D eigenvalue weighted by atomic mass is 16.5. The zero-order valence-corrected chi connectivity index (χ0v) is 9.69. The van der Waals surface area contributed by atoms with E-state index in [1.165, 1.54) is 0 Å². The minimum Gasteiger partial charge on any atom is -0.381 e. The monoisotopic (exact) mass is 198 g/mol. The van der Waals surface area contributed by atoms with Crippen molar-refractivity contribution in [3.8, 4) is 0 Å². The van der Waals surface area contributed by atoms with E-state index in [1.54, 1.807) is 13.2 Å². The summed E-state index contributed by atoms with van der Waals surface area (Å²) in [6, 6.07) is 0. The molecular weight excluding hydrogens is 176 g/mol. The minimum absolute atomic E-state index is 0.230. The van der Waals surface area contributed by atoms with Crippen LogP contribution in [0.3, 0.4) is 0 Å². The van der Waals surface area contributed by atoms with Gasteiger partial charge >= 0.3 is 0 Å². The second kappa shape index (κ2) is 7.74. The van der Waals surface area contributed by atoms with Crippen molar-refractivity contribution in [3.63, 3.8) is 0 Å². The van der Waals surface area contributed by atoms with Crippen LogP contribution >= 0.6 is 0 Å². The van der Waals surface area contributed by atoms with Crippen LogP contribution in [-0.2, 0) is 9.53 Å². The molecule has 2 unspecified atom stereocenters. The van der Waals surface area contributed by atoms with E-state index in [2.05, 4.69) is 20.8 Å². The summed E-state index contributed by atoms with van der Waals surface area (Å²) in [5.74, 6) is 1.01. The van der Waals surface area contributed by atoms with E-state index in [9.17, 15) is 4.79 Å². The van der Waals surface area contributed by atoms with E-state index in [0.29, 0.717) is 11.8 Å². The number of carbonyl (C=O) groups excluding carboxylic acids is 1. The van der Waals surface area contributed by atoms with Gasteiger partial charge in [-0.05, 0) is 24.8 Å². The molecular formula is C12H22O2. The molecule has 0 saturated heterocycles. The van der Waals surface area contributed by atoms with Crippen LogP contribution in [0.2, 0.25) is 0 Å². The van der Waals surface area contributed by atoms with Gasteiger partial charge in [0.25, 0.3) is 0 Å². The summed E-state index contributed by atoms with van der Waals surface area (Å²) >= 11 is 0. The number of ether oxygens (including phenoxy) is 1. The maximum absolute atomic E-state index is 10.2. The van der Waals surface area contributed by atoms with Gasteiger partial charge in [-0.2, -0.15) is 0 Å². The Morgan fingerprint density at radius 1 is 1.21 bits per heavy atom. The molecule has 0 aromatic heterocycles. The lowest BCUT2D eigenvalue weighted by Gasteiger charge is -2.20. The Hall–Kier alpha value is -0.630. The number of hydrogen-bond donors (Lipinski definition) is 0. The lowest BCUT2D eigenvalue weighted by molar-refractivity contribution is -0.104. The summed E-state index contributed by atoms with van der Waals surface area (Å²) in [6.07, 6.45) is 6.71. The van der Waals surface area contributed by atoms with E-state index < -0.39 is 0 Å². The fourth-order valence-corrected chi connectivity index (χ4v) is 1.44. The van der Waals surface area contributed by atoms with Gasteiger partial charge in [0.05, 0.1) is 6.10 Å². The average molecular weight is 198 g/mol. The highest BCUT2D eigenvalue weighted by Gasteiger charge is 2.14. The van der Waals surface area contributed by atoms with Crippen LogP contribution in [0.25, 0.3) is 0 Å². The second-order valence-corrected chi connectivity index (χ2v) is 4.13. The quantitative estimate of drug-likeness (QED) is 0.464. The largest absolute Gasteiger partial charge is 0.381 e. The normalized spacial score (nSPS) is 16.1. The van der Waals surface area contributed by atoms with Crippen molar-refractivity contribution in [3.05, 3.63) is 12.2 Å². The number of methoxy groups -OCH3 is 1. The van der Waals surface area contributed by atoms with Crippen LogP contribution in [0, 0.1) is 11.8 Å². The molecule has 0 fully saturated rings. The second-order valence-electron chi connectivity index (χ2n) is 4.13. The Kier molecular flexibility index (Phi) is 7.40. The third-order valence-electron chi connectivity index (χ3n) is 2.41. The van der Waals surface area contributed by atoms with Gasteiger partial charge in [-0.25, -0.2) is 0 Å². The van der Waals surface area contributed by atoms with Crippen molar-refractivity contribution < 1.29 is 9.53 Å². The van der Waals surface area contributed by atoms with Crippen LogP contribution in [0.15, 0.2) is 12.2 Å². The summed E-state index contributed by atoms with van der Waals surface area (Å²) < 4.78 is 5.39. The first-order valence-corrected chi connectivity index (χ1v) is 5.26. The Balaban J connectivity index is 3.98. The predicted octanol–water partition coefficient (Wildman–Crippen LogP) is 2.83. The summed E-state index contributed by atoms with van der Waals surface area (Å²) in [5.41, 5.74) is 0. The highest BCUT2D eigenvalue weighted by Crippen LogP contribution is 2.17. The van der Waals surface area contributed by atoms with Crippen molar-refractivity contribution in [1.29, 1.82) is 0 Å². The Bertz CT molecular complexity index is 173. The number of rotatable bonds is 7. The van der Waals surface area contributed by atoms with Crippen LogP contribution in [0.1, 0.15) is 33.6 Å². The van der Waals surface area contributed by atoms with E-state index in [4.69, 9.17) is 4.74 Å². The summed E-state index contributed by atoms with van der Waals surface area (Å²) in [7, 11) is 1.73. The number of allylic oxidation sites excluding steroid dienone is 1. The van der Waals surface area contributed by atoms with Crippen molar-refractivity contribution in [2.45, 2.75) is 39.7 Å². The predicted molar refractivity (Wildman–Crippen MR) is 59.2 cm³/mol. The molecule has 0 spiro atoms. The molecule has 0 N–H and O–H groups in total. The number of carbonyl (C=O) groups is 1. The zero-order chi connectivity index (χ0) is 11.0. The first-order valence-electron chi connectivity index (χ1n) is 5.26. The van der Waals surface area contributed by atoms with Crippen LogP contribution in [0.5, 0.6) is 0 Å². The molecule has 0 amide bonds. The number of aldehydes is 1. The van der Waals surface area contributed by atoms with Gasteiger partial charge in [0.1, 0.15) is 6.29 Å². The molecule has 82 valence electrons. The molecule has 0 aromatic rings. The first-order chi connectivity index (χ1) is 6.61. The molecule has 2 heteroatoms. The molecule has 14 heavy (non-hydrogen) atoms. The molecule has 0 radical (unpaired) electrons. The number of hydrogen-bond acceptors (Lipinski definition) is 2. The van der Waals surface area contributed by atoms with Crippen molar-refractivity contribution in [2.75, 3.05) is 7.11 Å². The molecule has 0 aliphatic heterocycles. The van der Waals surface area contributed by atoms with E-state index >= 15 is 0 Å². The topological polar surface area (TPSA) is 26.3 Å². The van der Waals surface area contributed by atoms with Gasteiger partial charge in [0, 0.05) is 13.0 Å². The summed E-state index contributed by atoms with van der Waals surface area (Å²) in [4.78, 5) is 10.2. The van der Waals surface area contributed by atoms with Gasteiger partial charge in [0.2, 0.25) is 0 Å². The van der Waals surface area contributed by atoms with Crippen LogP contribution < -0.4 is 0 Å². The lowest BCUT2D eigenvalue weighted by Crippen LogP contribution is -2.19. The fourth-order valence-electron chi connectivity index (χ4n) is 1.44. The first kappa shape index (κ1) is 13.4. The van der Waals surface area contributed by atoms with Gasteiger partial charge in [-0.3, -0.25) is 4.79 Å². The molecule has 0 aromatic carbocycles. The summed E-state index contributed by atoms with van der Waals surface area (Å²) in [5, 5.41) is 0. The minimum atomic E-state index is 0.230. The van der Waals surface area contributed by atoms with Crippen molar-refractivity contribution >= 4 is 6.29 Å². The Morgan fingerprint density at radius 3 is 2.29 bits per heavy atom. The molecule has 0 saturated carbocycles. The molecule has 0 heterocycles. The maximum Gasteiger partial charge on any atom is 0.142 e. The molecule has 2 nitrogen and oxygen atoms in total. The van der Waals surface area contributed by atoms with Gasteiger partial charge in [0.15, 0.2) is 0 Å². The third-order valence-corrected chi connectivity index (χ3v) is 2.41. The molecule has 0 rings (SSSR count). The van der Waals surface area contributed by atoms with Crippen LogP contribution in [0.4, 0.5) is 0 Å². The van der Waals surface area contributed by atoms with Gasteiger partial charge in [-0.15, -0.1) is 0 Å². The van der Waals surface area contributed by atoms with Crippen molar-refractivity contribution in [2.24, 2.45) is 11.8 Å². The molecule has 2 atom stereocenters. The highest BCUT2D eigenvalue weighted by molar-refractivity contribution is 5.64. The Morgan fingerprint density at radius 2 is 1.86 bits per heavy atom. The van der Waals surface area contributed by atoms with Gasteiger partial charge in [-0.1, -0.05) is 26.8 Å². The average Bonchev–Trinajstić information content (AvgIpc) is 2.15. The van der Waals surface area contributed by atoms with Crippen molar-refractivity contribution in [1.82, 2.24) is 0 Å². The zero-order valence-electron chi connectivity index (χ0n) is 9.69. The third kappa shape index (κ3) is 5.92. The van der Waals surface area contributed by atoms with E-state index in [-0.39, 0.29) is 6.10 Å². The van der Waals surface area contributed by atoms with Gasteiger partial charge < -0.3 is 4.74 Å². The van der Waals surface area contributed by atoms with Crippen LogP contribution in [-0.4, -0.2) is 19.5 Å². The SMILES string of the molecule is COC(CCC(C)C)C(C)C=CC=O. The maximum atomic E-state index is 10.2. The molecule has 0 bridgehead atoms. The molecule has 0 aliphatic carbocycles. The summed E-state index contributed by atoms with van der Waals surface area (Å²) in [6.45, 7) is 6.49. The van der Waals surface area contributed by atoms with E-state index in [1.807, 2.05) is 6.08 Å². The Labute approximate surface area is 87.3 Å². The standard InChI is InChI=1S/C12H22O2/c1-10(2)7-8-12(14-4)11(3)6-5-9-13/h5-6,9-12H,7-8H2,1-4H3.